The van der Waals surface area contributed by atoms with Crippen molar-refractivity contribution in [2.24, 2.45) is 0 Å². The molecule has 0 saturated heterocycles. The first-order valence-electron chi connectivity index (χ1n) is 10.8. The minimum absolute atomic E-state index is 0.0370. The number of nitrogens with zero attached hydrogens (tertiary/aromatic N) is 3. The van der Waals surface area contributed by atoms with Crippen LogP contribution in [0.3, 0.4) is 0 Å². The van der Waals surface area contributed by atoms with Gasteiger partial charge in [-0.1, -0.05) is 41.9 Å². The fourth-order valence-electron chi connectivity index (χ4n) is 4.30. The summed E-state index contributed by atoms with van der Waals surface area (Å²) in [5, 5.41) is 20.5. The number of aliphatic hydroxyl groups is 1. The third kappa shape index (κ3) is 4.51. The molecular formula is C25H26ClN3O2. The number of aromatic nitrogens is 2. The third-order valence-electron chi connectivity index (χ3n) is 6.20. The van der Waals surface area contributed by atoms with Crippen LogP contribution in [0, 0.1) is 11.3 Å². The van der Waals surface area contributed by atoms with E-state index in [1.54, 1.807) is 13.0 Å². The van der Waals surface area contributed by atoms with E-state index >= 15 is 0 Å². The number of hydrogen-bond donors (Lipinski definition) is 1. The zero-order valence-electron chi connectivity index (χ0n) is 17.6. The molecule has 2 aromatic carbocycles. The Labute approximate surface area is 187 Å². The molecule has 1 aromatic heterocycles. The van der Waals surface area contributed by atoms with E-state index in [4.69, 9.17) is 16.6 Å². The number of ketones is 1. The van der Waals surface area contributed by atoms with Gasteiger partial charge in [0.2, 0.25) is 0 Å². The molecule has 5 nitrogen and oxygen atoms in total. The van der Waals surface area contributed by atoms with Crippen LogP contribution in [0.25, 0.3) is 11.0 Å². The van der Waals surface area contributed by atoms with E-state index in [1.807, 2.05) is 36.4 Å². The molecule has 0 spiro atoms. The minimum Gasteiger partial charge on any atom is -0.385 e. The molecule has 0 bridgehead atoms. The van der Waals surface area contributed by atoms with Crippen molar-refractivity contribution in [1.29, 1.82) is 5.26 Å². The van der Waals surface area contributed by atoms with Gasteiger partial charge in [0.05, 0.1) is 27.2 Å². The Morgan fingerprint density at radius 1 is 1.32 bits per heavy atom. The van der Waals surface area contributed by atoms with E-state index in [0.29, 0.717) is 35.9 Å². The molecule has 0 aliphatic heterocycles. The van der Waals surface area contributed by atoms with Gasteiger partial charge in [-0.05, 0) is 50.3 Å². The second-order valence-corrected chi connectivity index (χ2v) is 9.03. The Bertz CT molecular complexity index is 1140. The normalized spacial score (nSPS) is 15.9. The number of benzene rings is 2. The van der Waals surface area contributed by atoms with E-state index in [1.165, 1.54) is 6.42 Å². The number of halogens is 1. The van der Waals surface area contributed by atoms with Gasteiger partial charge in [0.15, 0.2) is 0 Å². The summed E-state index contributed by atoms with van der Waals surface area (Å²) in [5.41, 5.74) is 1.78. The van der Waals surface area contributed by atoms with Crippen LogP contribution in [0.4, 0.5) is 0 Å². The Morgan fingerprint density at radius 3 is 2.71 bits per heavy atom. The number of nitriles is 1. The number of imidazole rings is 1. The predicted molar refractivity (Wildman–Crippen MR) is 121 cm³/mol. The highest BCUT2D eigenvalue weighted by atomic mass is 35.5. The molecule has 160 valence electrons. The fourth-order valence-corrected chi connectivity index (χ4v) is 4.50. The van der Waals surface area contributed by atoms with Crippen LogP contribution in [0.2, 0.25) is 5.02 Å². The molecule has 1 fully saturated rings. The fraction of sp³-hybridized carbons (Fsp3) is 0.400. The quantitative estimate of drug-likeness (QED) is 0.508. The largest absolute Gasteiger partial charge is 0.385 e. The van der Waals surface area contributed by atoms with Crippen molar-refractivity contribution in [3.05, 3.63) is 64.4 Å². The number of carbonyl (C=O) groups excluding carboxylic acids is 1. The van der Waals surface area contributed by atoms with Gasteiger partial charge < -0.3 is 9.67 Å². The monoisotopic (exact) mass is 435 g/mol. The summed E-state index contributed by atoms with van der Waals surface area (Å²) in [5.74, 6) is 0.975. The summed E-state index contributed by atoms with van der Waals surface area (Å²) in [7, 11) is 0. The summed E-state index contributed by atoms with van der Waals surface area (Å²) >= 11 is 6.21. The lowest BCUT2D eigenvalue weighted by Crippen LogP contribution is -2.25. The first kappa shape index (κ1) is 21.5. The van der Waals surface area contributed by atoms with Crippen LogP contribution >= 0.6 is 11.6 Å². The summed E-state index contributed by atoms with van der Waals surface area (Å²) in [6, 6.07) is 15.4. The molecule has 1 unspecified atom stereocenters. The number of fused-ring (bicyclic) bond motifs is 1. The number of aryl methyl sites for hydroxylation is 1. The van der Waals surface area contributed by atoms with Gasteiger partial charge in [-0.2, -0.15) is 5.26 Å². The summed E-state index contributed by atoms with van der Waals surface area (Å²) in [4.78, 5) is 17.3. The van der Waals surface area contributed by atoms with Crippen molar-refractivity contribution in [2.45, 2.75) is 63.5 Å². The SMILES string of the molecule is CC(O)(CC(=O)CCCc1nc2cc(Cl)c(C#N)cc2n1C1CCC1)c1ccccc1. The second-order valence-electron chi connectivity index (χ2n) is 8.62. The van der Waals surface area contributed by atoms with E-state index in [2.05, 4.69) is 10.6 Å². The molecule has 1 atom stereocenters. The molecule has 6 heteroatoms. The van der Waals surface area contributed by atoms with Crippen LogP contribution < -0.4 is 0 Å². The Kier molecular flexibility index (Phi) is 6.13. The van der Waals surface area contributed by atoms with Crippen LogP contribution in [0.15, 0.2) is 42.5 Å². The van der Waals surface area contributed by atoms with Gasteiger partial charge in [-0.3, -0.25) is 4.79 Å². The predicted octanol–water partition coefficient (Wildman–Crippen LogP) is 5.48. The molecule has 1 aliphatic carbocycles. The maximum atomic E-state index is 12.6. The zero-order valence-corrected chi connectivity index (χ0v) is 18.4. The van der Waals surface area contributed by atoms with Crippen molar-refractivity contribution < 1.29 is 9.90 Å². The van der Waals surface area contributed by atoms with Gasteiger partial charge in [0.25, 0.3) is 0 Å². The topological polar surface area (TPSA) is 78.9 Å². The summed E-state index contributed by atoms with van der Waals surface area (Å²) < 4.78 is 2.24. The molecule has 0 amide bonds. The Balaban J connectivity index is 1.46. The first-order chi connectivity index (χ1) is 14.9. The highest BCUT2D eigenvalue weighted by Gasteiger charge is 2.27. The van der Waals surface area contributed by atoms with Crippen molar-refractivity contribution in [1.82, 2.24) is 9.55 Å². The summed E-state index contributed by atoms with van der Waals surface area (Å²) in [6.07, 6.45) is 5.21. The average Bonchev–Trinajstić information content (AvgIpc) is 3.03. The smallest absolute Gasteiger partial charge is 0.136 e. The summed E-state index contributed by atoms with van der Waals surface area (Å²) in [6.45, 7) is 1.69. The first-order valence-corrected chi connectivity index (χ1v) is 11.2. The Morgan fingerprint density at radius 2 is 2.06 bits per heavy atom. The standard InChI is InChI=1S/C25H26ClN3O2/c1-25(31,18-7-3-2-4-8-18)15-20(30)11-6-12-24-28-22-14-21(26)17(16-27)13-23(22)29(24)19-9-5-10-19/h2-4,7-8,13-14,19,31H,5-6,9-12,15H2,1H3. The molecule has 0 radical (unpaired) electrons. The molecule has 1 aliphatic rings. The molecule has 3 aromatic rings. The molecular weight excluding hydrogens is 410 g/mol. The number of Topliss-reactive ketones (excluding diaryl/α,β-unsaturated/α-hetero) is 1. The van der Waals surface area contributed by atoms with Gasteiger partial charge in [0.1, 0.15) is 17.7 Å². The number of hydrogen-bond acceptors (Lipinski definition) is 4. The maximum Gasteiger partial charge on any atom is 0.136 e. The lowest BCUT2D eigenvalue weighted by atomic mass is 9.89. The maximum absolute atomic E-state index is 12.6. The molecule has 1 heterocycles. The van der Waals surface area contributed by atoms with Crippen LogP contribution in [0.5, 0.6) is 0 Å². The van der Waals surface area contributed by atoms with Crippen LogP contribution in [-0.2, 0) is 16.8 Å². The van der Waals surface area contributed by atoms with Crippen LogP contribution in [0.1, 0.15) is 68.4 Å². The molecule has 1 N–H and O–H groups in total. The lowest BCUT2D eigenvalue weighted by Gasteiger charge is -2.29. The van der Waals surface area contributed by atoms with Crippen molar-refractivity contribution in [2.75, 3.05) is 0 Å². The highest BCUT2D eigenvalue weighted by molar-refractivity contribution is 6.32. The van der Waals surface area contributed by atoms with E-state index in [-0.39, 0.29) is 12.2 Å². The van der Waals surface area contributed by atoms with E-state index in [9.17, 15) is 15.2 Å². The Hall–Kier alpha value is -2.68. The van der Waals surface area contributed by atoms with Crippen molar-refractivity contribution in [3.8, 4) is 6.07 Å². The van der Waals surface area contributed by atoms with Crippen LogP contribution in [-0.4, -0.2) is 20.4 Å². The lowest BCUT2D eigenvalue weighted by molar-refractivity contribution is -0.123. The van der Waals surface area contributed by atoms with Gasteiger partial charge >= 0.3 is 0 Å². The molecule has 31 heavy (non-hydrogen) atoms. The van der Waals surface area contributed by atoms with Crippen molar-refractivity contribution >= 4 is 28.4 Å². The number of rotatable bonds is 8. The average molecular weight is 436 g/mol. The van der Waals surface area contributed by atoms with E-state index in [0.717, 1.165) is 35.3 Å². The minimum atomic E-state index is -1.16. The number of carbonyl (C=O) groups is 1. The second kappa shape index (κ2) is 8.82. The molecule has 4 rings (SSSR count). The zero-order chi connectivity index (χ0) is 22.0. The van der Waals surface area contributed by atoms with Gasteiger partial charge in [-0.25, -0.2) is 4.98 Å². The highest BCUT2D eigenvalue weighted by Crippen LogP contribution is 2.37. The molecule has 1 saturated carbocycles. The van der Waals surface area contributed by atoms with E-state index < -0.39 is 5.60 Å². The third-order valence-corrected chi connectivity index (χ3v) is 6.52. The van der Waals surface area contributed by atoms with Gasteiger partial charge in [-0.15, -0.1) is 0 Å². The van der Waals surface area contributed by atoms with Gasteiger partial charge in [0, 0.05) is 25.3 Å². The van der Waals surface area contributed by atoms with Crippen molar-refractivity contribution in [3.63, 3.8) is 0 Å².